The normalized spacial score (nSPS) is 10.9. The van der Waals surface area contributed by atoms with Gasteiger partial charge in [-0.1, -0.05) is 29.3 Å². The molecule has 126 valence electrons. The molecule has 9 heteroatoms. The van der Waals surface area contributed by atoms with E-state index in [-0.39, 0.29) is 16.9 Å². The first-order valence-corrected chi connectivity index (χ1v) is 8.19. The highest BCUT2D eigenvalue weighted by Crippen LogP contribution is 2.29. The van der Waals surface area contributed by atoms with Crippen LogP contribution in [0, 0.1) is 21.4 Å². The fourth-order valence-electron chi connectivity index (χ4n) is 1.85. The van der Waals surface area contributed by atoms with E-state index in [2.05, 4.69) is 21.2 Å². The van der Waals surface area contributed by atoms with E-state index in [0.717, 1.165) is 0 Å². The van der Waals surface area contributed by atoms with Crippen molar-refractivity contribution in [2.24, 2.45) is 0 Å². The van der Waals surface area contributed by atoms with Crippen LogP contribution in [-0.2, 0) is 4.79 Å². The number of nitrogens with zero attached hydrogens (tertiary/aromatic N) is 2. The number of carbonyl (C=O) groups is 1. The number of hydrogen-bond donors (Lipinski definition) is 1. The zero-order valence-electron chi connectivity index (χ0n) is 12.3. The molecule has 0 atom stereocenters. The molecular weight excluding hydrogens is 433 g/mol. The third-order valence-electron chi connectivity index (χ3n) is 3.07. The van der Waals surface area contributed by atoms with Gasteiger partial charge in [-0.3, -0.25) is 14.9 Å². The summed E-state index contributed by atoms with van der Waals surface area (Å²) in [6.07, 6.45) is 1.28. The van der Waals surface area contributed by atoms with E-state index in [4.69, 9.17) is 23.2 Å². The molecule has 0 saturated heterocycles. The van der Waals surface area contributed by atoms with E-state index in [1.54, 1.807) is 24.3 Å². The van der Waals surface area contributed by atoms with E-state index in [1.165, 1.54) is 24.3 Å². The number of carbonyl (C=O) groups excluding carboxylic acids is 1. The SMILES string of the molecule is N#CC(=Cc1c(Cl)cccc1Cl)C(=O)Nc1ccc([N+](=O)[O-])cc1Br. The molecule has 0 aliphatic rings. The molecule has 2 aromatic rings. The minimum atomic E-state index is -0.701. The number of halogens is 3. The van der Waals surface area contributed by atoms with E-state index < -0.39 is 10.8 Å². The van der Waals surface area contributed by atoms with Crippen LogP contribution in [0.15, 0.2) is 46.4 Å². The van der Waals surface area contributed by atoms with Crippen LogP contribution in [0.1, 0.15) is 5.56 Å². The van der Waals surface area contributed by atoms with Crippen molar-refractivity contribution in [3.8, 4) is 6.07 Å². The van der Waals surface area contributed by atoms with Gasteiger partial charge in [0, 0.05) is 32.2 Å². The van der Waals surface area contributed by atoms with Crippen molar-refractivity contribution in [1.29, 1.82) is 5.26 Å². The molecule has 25 heavy (non-hydrogen) atoms. The monoisotopic (exact) mass is 439 g/mol. The van der Waals surface area contributed by atoms with Gasteiger partial charge in [0.15, 0.2) is 0 Å². The molecule has 0 radical (unpaired) electrons. The molecule has 0 unspecified atom stereocenters. The first-order chi connectivity index (χ1) is 11.8. The second-order valence-electron chi connectivity index (χ2n) is 4.68. The molecule has 0 aliphatic heterocycles. The molecule has 1 amide bonds. The number of non-ortho nitro benzene ring substituents is 1. The van der Waals surface area contributed by atoms with E-state index >= 15 is 0 Å². The standard InChI is InChI=1S/C16H8BrCl2N3O3/c17-12-7-10(22(24)25)4-5-15(12)21-16(23)9(8-20)6-11-13(18)2-1-3-14(11)19/h1-7H,(H,21,23). The summed E-state index contributed by atoms with van der Waals surface area (Å²) in [5.74, 6) is -0.701. The highest BCUT2D eigenvalue weighted by atomic mass is 79.9. The van der Waals surface area contributed by atoms with Crippen LogP contribution in [0.25, 0.3) is 6.08 Å². The molecule has 0 fully saturated rings. The summed E-state index contributed by atoms with van der Waals surface area (Å²) >= 11 is 15.2. The Hall–Kier alpha value is -2.40. The predicted molar refractivity (Wildman–Crippen MR) is 99.5 cm³/mol. The molecule has 2 aromatic carbocycles. The number of hydrogen-bond acceptors (Lipinski definition) is 4. The molecule has 0 spiro atoms. The summed E-state index contributed by atoms with van der Waals surface area (Å²) in [4.78, 5) is 22.5. The molecule has 1 N–H and O–H groups in total. The van der Waals surface area contributed by atoms with Crippen molar-refractivity contribution < 1.29 is 9.72 Å². The van der Waals surface area contributed by atoms with Gasteiger partial charge in [0.25, 0.3) is 11.6 Å². The molecule has 2 rings (SSSR count). The molecule has 0 aliphatic carbocycles. The Kier molecular flexibility index (Phi) is 6.15. The maximum Gasteiger partial charge on any atom is 0.270 e. The Morgan fingerprint density at radius 1 is 1.28 bits per heavy atom. The van der Waals surface area contributed by atoms with Gasteiger partial charge in [-0.2, -0.15) is 5.26 Å². The highest BCUT2D eigenvalue weighted by molar-refractivity contribution is 9.10. The van der Waals surface area contributed by atoms with Gasteiger partial charge in [0.1, 0.15) is 11.6 Å². The van der Waals surface area contributed by atoms with Crippen molar-refractivity contribution in [3.05, 3.63) is 72.2 Å². The Balaban J connectivity index is 2.31. The average molecular weight is 441 g/mol. The summed E-state index contributed by atoms with van der Waals surface area (Å²) in [5, 5.41) is 23.1. The second kappa shape index (κ2) is 8.12. The smallest absolute Gasteiger partial charge is 0.270 e. The Morgan fingerprint density at radius 2 is 1.92 bits per heavy atom. The minimum absolute atomic E-state index is 0.135. The number of rotatable bonds is 4. The van der Waals surface area contributed by atoms with Crippen LogP contribution >= 0.6 is 39.1 Å². The molecule has 0 aromatic heterocycles. The van der Waals surface area contributed by atoms with E-state index in [1.807, 2.05) is 0 Å². The Labute approximate surface area is 160 Å². The van der Waals surface area contributed by atoms with Crippen molar-refractivity contribution in [2.75, 3.05) is 5.32 Å². The van der Waals surface area contributed by atoms with Crippen LogP contribution in [0.4, 0.5) is 11.4 Å². The largest absolute Gasteiger partial charge is 0.320 e. The van der Waals surface area contributed by atoms with Crippen LogP contribution in [0.2, 0.25) is 10.0 Å². The quantitative estimate of drug-likeness (QED) is 0.305. The lowest BCUT2D eigenvalue weighted by Gasteiger charge is -2.07. The summed E-state index contributed by atoms with van der Waals surface area (Å²) < 4.78 is 0.308. The first kappa shape index (κ1) is 18.9. The molecule has 0 bridgehead atoms. The van der Waals surface area contributed by atoms with Crippen LogP contribution in [-0.4, -0.2) is 10.8 Å². The lowest BCUT2D eigenvalue weighted by atomic mass is 10.1. The first-order valence-electron chi connectivity index (χ1n) is 6.64. The Bertz CT molecular complexity index is 918. The number of nitriles is 1. The molecule has 6 nitrogen and oxygen atoms in total. The van der Waals surface area contributed by atoms with Crippen LogP contribution in [0.3, 0.4) is 0 Å². The number of amides is 1. The number of nitro groups is 1. The van der Waals surface area contributed by atoms with Crippen molar-refractivity contribution >= 4 is 62.5 Å². The fraction of sp³-hybridized carbons (Fsp3) is 0. The van der Waals surface area contributed by atoms with Gasteiger partial charge < -0.3 is 5.32 Å². The van der Waals surface area contributed by atoms with Crippen LogP contribution < -0.4 is 5.32 Å². The van der Waals surface area contributed by atoms with Crippen molar-refractivity contribution in [1.82, 2.24) is 0 Å². The Morgan fingerprint density at radius 3 is 2.44 bits per heavy atom. The zero-order chi connectivity index (χ0) is 18.6. The summed E-state index contributed by atoms with van der Waals surface area (Å²) in [6, 6.07) is 10.4. The zero-order valence-corrected chi connectivity index (χ0v) is 15.4. The number of nitro benzene ring substituents is 1. The number of nitrogens with one attached hydrogen (secondary N) is 1. The summed E-state index contributed by atoms with van der Waals surface area (Å²) in [5.41, 5.74) is 0.270. The van der Waals surface area contributed by atoms with Crippen LogP contribution in [0.5, 0.6) is 0 Å². The van der Waals surface area contributed by atoms with Gasteiger partial charge >= 0.3 is 0 Å². The lowest BCUT2D eigenvalue weighted by molar-refractivity contribution is -0.384. The second-order valence-corrected chi connectivity index (χ2v) is 6.35. The average Bonchev–Trinajstić information content (AvgIpc) is 2.56. The van der Waals surface area contributed by atoms with E-state index in [9.17, 15) is 20.2 Å². The van der Waals surface area contributed by atoms with Gasteiger partial charge in [-0.05, 0) is 40.2 Å². The third-order valence-corrected chi connectivity index (χ3v) is 4.38. The maximum absolute atomic E-state index is 12.3. The van der Waals surface area contributed by atoms with Crippen molar-refractivity contribution in [3.63, 3.8) is 0 Å². The minimum Gasteiger partial charge on any atom is -0.320 e. The summed E-state index contributed by atoms with van der Waals surface area (Å²) in [7, 11) is 0. The number of anilines is 1. The highest BCUT2D eigenvalue weighted by Gasteiger charge is 2.15. The molecule has 0 heterocycles. The fourth-order valence-corrected chi connectivity index (χ4v) is 2.82. The third kappa shape index (κ3) is 4.57. The van der Waals surface area contributed by atoms with Gasteiger partial charge in [0.05, 0.1) is 10.6 Å². The topological polar surface area (TPSA) is 96.0 Å². The van der Waals surface area contributed by atoms with Crippen molar-refractivity contribution in [2.45, 2.75) is 0 Å². The van der Waals surface area contributed by atoms with Gasteiger partial charge in [-0.25, -0.2) is 0 Å². The summed E-state index contributed by atoms with van der Waals surface area (Å²) in [6.45, 7) is 0. The maximum atomic E-state index is 12.3. The lowest BCUT2D eigenvalue weighted by Crippen LogP contribution is -2.14. The predicted octanol–water partition coefficient (Wildman–Crippen LogP) is 5.21. The van der Waals surface area contributed by atoms with Gasteiger partial charge in [-0.15, -0.1) is 0 Å². The van der Waals surface area contributed by atoms with E-state index in [0.29, 0.717) is 20.1 Å². The number of benzene rings is 2. The van der Waals surface area contributed by atoms with Gasteiger partial charge in [0.2, 0.25) is 0 Å². The molecular formula is C16H8BrCl2N3O3. The molecule has 0 saturated carbocycles.